The van der Waals surface area contributed by atoms with Crippen LogP contribution in [0.1, 0.15) is 25.5 Å². The Bertz CT molecular complexity index is 471. The highest BCUT2D eigenvalue weighted by atomic mass is 35.5. The lowest BCUT2D eigenvalue weighted by molar-refractivity contribution is -0.124. The molecule has 0 spiro atoms. The molecule has 22 heavy (non-hydrogen) atoms. The number of hydrogen-bond donors (Lipinski definition) is 2. The van der Waals surface area contributed by atoms with Gasteiger partial charge in [0.05, 0.1) is 27.4 Å². The molecule has 2 unspecified atom stereocenters. The number of benzene rings is 1. The van der Waals surface area contributed by atoms with Crippen LogP contribution in [0.2, 0.25) is 0 Å². The number of carbonyl (C=O) groups excluding carboxylic acids is 1. The van der Waals surface area contributed by atoms with E-state index in [-0.39, 0.29) is 30.3 Å². The second kappa shape index (κ2) is 9.38. The van der Waals surface area contributed by atoms with Crippen LogP contribution in [0.5, 0.6) is 17.2 Å². The number of nitrogens with two attached hydrogens (primary N) is 1. The molecule has 6 nitrogen and oxygen atoms in total. The zero-order valence-corrected chi connectivity index (χ0v) is 14.5. The summed E-state index contributed by atoms with van der Waals surface area (Å²) in [6, 6.07) is 3.44. The number of methoxy groups -OCH3 is 3. The molecule has 0 heterocycles. The summed E-state index contributed by atoms with van der Waals surface area (Å²) in [6.07, 6.45) is 0. The average molecular weight is 333 g/mol. The Morgan fingerprint density at radius 2 is 1.64 bits per heavy atom. The summed E-state index contributed by atoms with van der Waals surface area (Å²) in [4.78, 5) is 11.9. The smallest absolute Gasteiger partial charge is 0.224 e. The molecule has 0 aliphatic rings. The van der Waals surface area contributed by atoms with Gasteiger partial charge in [-0.3, -0.25) is 4.79 Å². The van der Waals surface area contributed by atoms with Gasteiger partial charge in [0.15, 0.2) is 11.5 Å². The number of carbonyl (C=O) groups is 1. The van der Waals surface area contributed by atoms with Crippen molar-refractivity contribution in [2.24, 2.45) is 11.7 Å². The van der Waals surface area contributed by atoms with Crippen LogP contribution in [0.4, 0.5) is 0 Å². The van der Waals surface area contributed by atoms with Crippen molar-refractivity contribution < 1.29 is 19.0 Å². The zero-order valence-electron chi connectivity index (χ0n) is 13.6. The largest absolute Gasteiger partial charge is 0.493 e. The minimum absolute atomic E-state index is 0. The van der Waals surface area contributed by atoms with Gasteiger partial charge in [-0.1, -0.05) is 6.92 Å². The molecule has 1 rings (SSSR count). The van der Waals surface area contributed by atoms with Crippen molar-refractivity contribution in [3.8, 4) is 17.2 Å². The predicted molar refractivity (Wildman–Crippen MR) is 88.1 cm³/mol. The average Bonchev–Trinajstić information content (AvgIpc) is 2.51. The summed E-state index contributed by atoms with van der Waals surface area (Å²) in [6.45, 7) is 3.99. The Hall–Kier alpha value is -1.66. The van der Waals surface area contributed by atoms with Gasteiger partial charge in [-0.25, -0.2) is 0 Å². The van der Waals surface area contributed by atoms with Crippen molar-refractivity contribution in [1.29, 1.82) is 0 Å². The van der Waals surface area contributed by atoms with Crippen LogP contribution in [0.3, 0.4) is 0 Å². The van der Waals surface area contributed by atoms with Gasteiger partial charge in [-0.15, -0.1) is 12.4 Å². The van der Waals surface area contributed by atoms with Gasteiger partial charge < -0.3 is 25.3 Å². The first-order chi connectivity index (χ1) is 9.98. The number of amides is 1. The lowest BCUT2D eigenvalue weighted by Gasteiger charge is -2.20. The summed E-state index contributed by atoms with van der Waals surface area (Å²) >= 11 is 0. The molecule has 126 valence electrons. The number of hydrogen-bond acceptors (Lipinski definition) is 5. The standard InChI is InChI=1S/C15H24N2O4.ClH/c1-9(8-16)15(18)17-10(2)11-6-12(19-3)14(21-5)13(7-11)20-4;/h6-7,9-10H,8,16H2,1-5H3,(H,17,18);1H. The second-order valence-electron chi connectivity index (χ2n) is 4.83. The lowest BCUT2D eigenvalue weighted by atomic mass is 10.1. The molecular weight excluding hydrogens is 308 g/mol. The maximum atomic E-state index is 11.9. The molecule has 0 bridgehead atoms. The van der Waals surface area contributed by atoms with Crippen LogP contribution in [0.15, 0.2) is 12.1 Å². The molecular formula is C15H25ClN2O4. The quantitative estimate of drug-likeness (QED) is 0.797. The Kier molecular flexibility index (Phi) is 8.67. The van der Waals surface area contributed by atoms with Crippen LogP contribution >= 0.6 is 12.4 Å². The van der Waals surface area contributed by atoms with E-state index < -0.39 is 0 Å². The predicted octanol–water partition coefficient (Wildman–Crippen LogP) is 1.91. The van der Waals surface area contributed by atoms with E-state index in [2.05, 4.69) is 5.32 Å². The maximum absolute atomic E-state index is 11.9. The van der Waals surface area contributed by atoms with Gasteiger partial charge >= 0.3 is 0 Å². The summed E-state index contributed by atoms with van der Waals surface area (Å²) in [5.41, 5.74) is 6.36. The van der Waals surface area contributed by atoms with Crippen LogP contribution < -0.4 is 25.3 Å². The molecule has 0 fully saturated rings. The third-order valence-corrected chi connectivity index (χ3v) is 3.35. The summed E-state index contributed by atoms with van der Waals surface area (Å²) in [5.74, 6) is 1.32. The van der Waals surface area contributed by atoms with Crippen LogP contribution in [0, 0.1) is 5.92 Å². The van der Waals surface area contributed by atoms with Crippen LogP contribution in [-0.4, -0.2) is 33.8 Å². The second-order valence-corrected chi connectivity index (χ2v) is 4.83. The van der Waals surface area contributed by atoms with Crippen molar-refractivity contribution in [1.82, 2.24) is 5.32 Å². The van der Waals surface area contributed by atoms with E-state index in [1.54, 1.807) is 28.3 Å². The van der Waals surface area contributed by atoms with Crippen LogP contribution in [0.25, 0.3) is 0 Å². The molecule has 7 heteroatoms. The third-order valence-electron chi connectivity index (χ3n) is 3.35. The van der Waals surface area contributed by atoms with Gasteiger partial charge in [-0.05, 0) is 24.6 Å². The van der Waals surface area contributed by atoms with E-state index in [4.69, 9.17) is 19.9 Å². The summed E-state index contributed by atoms with van der Waals surface area (Å²) in [7, 11) is 4.66. The van der Waals surface area contributed by atoms with Gasteiger partial charge in [0.2, 0.25) is 11.7 Å². The first-order valence-corrected chi connectivity index (χ1v) is 6.78. The van der Waals surface area contributed by atoms with E-state index in [9.17, 15) is 4.79 Å². The fourth-order valence-corrected chi connectivity index (χ4v) is 1.90. The van der Waals surface area contributed by atoms with Gasteiger partial charge in [0, 0.05) is 12.5 Å². The number of nitrogens with one attached hydrogen (secondary N) is 1. The molecule has 3 N–H and O–H groups in total. The summed E-state index contributed by atoms with van der Waals surface area (Å²) < 4.78 is 15.9. The van der Waals surface area contributed by atoms with Crippen molar-refractivity contribution in [3.63, 3.8) is 0 Å². The van der Waals surface area contributed by atoms with E-state index in [1.807, 2.05) is 19.1 Å². The minimum atomic E-state index is -0.227. The van der Waals surface area contributed by atoms with Crippen molar-refractivity contribution >= 4 is 18.3 Å². The summed E-state index contributed by atoms with van der Waals surface area (Å²) in [5, 5.41) is 2.92. The van der Waals surface area contributed by atoms with Gasteiger partial charge in [0.1, 0.15) is 0 Å². The molecule has 0 aromatic heterocycles. The fraction of sp³-hybridized carbons (Fsp3) is 0.533. The molecule has 0 aliphatic carbocycles. The molecule has 1 aromatic carbocycles. The van der Waals surface area contributed by atoms with Crippen molar-refractivity contribution in [3.05, 3.63) is 17.7 Å². The van der Waals surface area contributed by atoms with Crippen LogP contribution in [-0.2, 0) is 4.79 Å². The first kappa shape index (κ1) is 20.3. The molecule has 2 atom stereocenters. The normalized spacial score (nSPS) is 12.6. The first-order valence-electron chi connectivity index (χ1n) is 6.78. The van der Waals surface area contributed by atoms with Crippen molar-refractivity contribution in [2.45, 2.75) is 19.9 Å². The number of halogens is 1. The topological polar surface area (TPSA) is 82.8 Å². The van der Waals surface area contributed by atoms with E-state index in [0.29, 0.717) is 23.8 Å². The molecule has 1 aromatic rings. The highest BCUT2D eigenvalue weighted by Crippen LogP contribution is 2.39. The Morgan fingerprint density at radius 3 is 2.00 bits per heavy atom. The van der Waals surface area contributed by atoms with E-state index in [0.717, 1.165) is 5.56 Å². The Balaban J connectivity index is 0.00000441. The molecule has 0 aliphatic heterocycles. The van der Waals surface area contributed by atoms with Gasteiger partial charge in [-0.2, -0.15) is 0 Å². The minimum Gasteiger partial charge on any atom is -0.493 e. The SMILES string of the molecule is COc1cc(C(C)NC(=O)C(C)CN)cc(OC)c1OC.Cl. The fourth-order valence-electron chi connectivity index (χ4n) is 1.90. The Morgan fingerprint density at radius 1 is 1.14 bits per heavy atom. The zero-order chi connectivity index (χ0) is 16.0. The highest BCUT2D eigenvalue weighted by molar-refractivity contribution is 5.85. The monoisotopic (exact) mass is 332 g/mol. The molecule has 1 amide bonds. The molecule has 0 saturated heterocycles. The van der Waals surface area contributed by atoms with Gasteiger partial charge in [0.25, 0.3) is 0 Å². The third kappa shape index (κ3) is 4.68. The number of rotatable bonds is 7. The van der Waals surface area contributed by atoms with E-state index >= 15 is 0 Å². The molecule has 0 saturated carbocycles. The molecule has 0 radical (unpaired) electrons. The maximum Gasteiger partial charge on any atom is 0.224 e. The van der Waals surface area contributed by atoms with Crippen molar-refractivity contribution in [2.75, 3.05) is 27.9 Å². The number of ether oxygens (including phenoxy) is 3. The highest BCUT2D eigenvalue weighted by Gasteiger charge is 2.19. The van der Waals surface area contributed by atoms with E-state index in [1.165, 1.54) is 0 Å². The Labute approximate surface area is 137 Å². The lowest BCUT2D eigenvalue weighted by Crippen LogP contribution is -2.34.